The molecule has 3 rings (SSSR count). The summed E-state index contributed by atoms with van der Waals surface area (Å²) in [6.07, 6.45) is 1.81. The lowest BCUT2D eigenvalue weighted by Crippen LogP contribution is -2.29. The Kier molecular flexibility index (Phi) is 5.62. The number of para-hydroxylation sites is 1. The van der Waals surface area contributed by atoms with Crippen LogP contribution in [0.15, 0.2) is 53.4 Å². The SMILES string of the molecule is COC(=O)c1ccccc1N1C(=O)/C(=C/c2ccc(N(C)C)cc2)SC1=S. The predicted molar refractivity (Wildman–Crippen MR) is 114 cm³/mol. The van der Waals surface area contributed by atoms with Crippen LogP contribution in [-0.4, -0.2) is 37.4 Å². The molecule has 0 radical (unpaired) electrons. The van der Waals surface area contributed by atoms with E-state index in [2.05, 4.69) is 0 Å². The second-order valence-corrected chi connectivity index (χ2v) is 7.69. The first-order valence-electron chi connectivity index (χ1n) is 8.15. The fourth-order valence-electron chi connectivity index (χ4n) is 2.65. The minimum atomic E-state index is -0.511. The van der Waals surface area contributed by atoms with Gasteiger partial charge in [0.05, 0.1) is 23.3 Å². The summed E-state index contributed by atoms with van der Waals surface area (Å²) in [5, 5.41) is 0. The molecular formula is C20H18N2O3S2. The Morgan fingerprint density at radius 1 is 1.15 bits per heavy atom. The van der Waals surface area contributed by atoms with Gasteiger partial charge in [0, 0.05) is 19.8 Å². The zero-order chi connectivity index (χ0) is 19.6. The van der Waals surface area contributed by atoms with Crippen molar-refractivity contribution in [3.05, 3.63) is 64.6 Å². The van der Waals surface area contributed by atoms with Gasteiger partial charge in [-0.3, -0.25) is 9.69 Å². The van der Waals surface area contributed by atoms with Crippen molar-refractivity contribution < 1.29 is 14.3 Å². The van der Waals surface area contributed by atoms with Gasteiger partial charge in [0.1, 0.15) is 0 Å². The minimum absolute atomic E-state index is 0.252. The molecule has 0 N–H and O–H groups in total. The van der Waals surface area contributed by atoms with Gasteiger partial charge >= 0.3 is 5.97 Å². The summed E-state index contributed by atoms with van der Waals surface area (Å²) in [6.45, 7) is 0. The summed E-state index contributed by atoms with van der Waals surface area (Å²) >= 11 is 6.62. The highest BCUT2D eigenvalue weighted by Crippen LogP contribution is 2.37. The number of benzene rings is 2. The maximum Gasteiger partial charge on any atom is 0.339 e. The van der Waals surface area contributed by atoms with Crippen LogP contribution in [0.2, 0.25) is 0 Å². The Balaban J connectivity index is 1.93. The van der Waals surface area contributed by atoms with Crippen LogP contribution >= 0.6 is 24.0 Å². The van der Waals surface area contributed by atoms with Gasteiger partial charge in [-0.25, -0.2) is 4.79 Å². The fourth-order valence-corrected chi connectivity index (χ4v) is 3.93. The predicted octanol–water partition coefficient (Wildman–Crippen LogP) is 3.95. The third-order valence-corrected chi connectivity index (χ3v) is 5.35. The number of thiocarbonyl (C=S) groups is 1. The quantitative estimate of drug-likeness (QED) is 0.442. The summed E-state index contributed by atoms with van der Waals surface area (Å²) in [5.41, 5.74) is 2.71. The summed E-state index contributed by atoms with van der Waals surface area (Å²) in [4.78, 5) is 28.9. The van der Waals surface area contributed by atoms with Crippen LogP contribution in [-0.2, 0) is 9.53 Å². The van der Waals surface area contributed by atoms with Crippen molar-refractivity contribution in [2.24, 2.45) is 0 Å². The number of hydrogen-bond acceptors (Lipinski definition) is 6. The average Bonchev–Trinajstić information content (AvgIpc) is 2.94. The Morgan fingerprint density at radius 3 is 2.44 bits per heavy atom. The highest BCUT2D eigenvalue weighted by Gasteiger charge is 2.35. The summed E-state index contributed by atoms with van der Waals surface area (Å²) in [7, 11) is 5.25. The topological polar surface area (TPSA) is 49.9 Å². The molecule has 0 spiro atoms. The molecule has 2 aromatic carbocycles. The molecule has 5 nitrogen and oxygen atoms in total. The van der Waals surface area contributed by atoms with E-state index in [-0.39, 0.29) is 5.91 Å². The van der Waals surface area contributed by atoms with Crippen LogP contribution in [0.5, 0.6) is 0 Å². The standard InChI is InChI=1S/C20H18N2O3S2/c1-21(2)14-10-8-13(9-11-14)12-17-18(23)22(20(26)27-17)16-7-5-4-6-15(16)19(24)25-3/h4-12H,1-3H3/b17-12-. The van der Waals surface area contributed by atoms with Gasteiger partial charge in [0.2, 0.25) is 0 Å². The molecule has 0 aromatic heterocycles. The number of esters is 1. The number of hydrogen-bond donors (Lipinski definition) is 0. The van der Waals surface area contributed by atoms with Gasteiger partial charge in [-0.2, -0.15) is 0 Å². The van der Waals surface area contributed by atoms with Gasteiger partial charge in [-0.15, -0.1) is 0 Å². The first-order valence-corrected chi connectivity index (χ1v) is 9.37. The largest absolute Gasteiger partial charge is 0.465 e. The molecule has 1 aliphatic rings. The van der Waals surface area contributed by atoms with E-state index in [1.807, 2.05) is 43.3 Å². The lowest BCUT2D eigenvalue weighted by Gasteiger charge is -2.17. The van der Waals surface area contributed by atoms with Gasteiger partial charge in [0.25, 0.3) is 5.91 Å². The molecule has 1 amide bonds. The molecule has 7 heteroatoms. The van der Waals surface area contributed by atoms with Crippen molar-refractivity contribution in [2.75, 3.05) is 31.0 Å². The number of nitrogens with zero attached hydrogens (tertiary/aromatic N) is 2. The highest BCUT2D eigenvalue weighted by atomic mass is 32.2. The number of thioether (sulfide) groups is 1. The van der Waals surface area contributed by atoms with Crippen LogP contribution < -0.4 is 9.80 Å². The number of amides is 1. The maximum atomic E-state index is 12.9. The van der Waals surface area contributed by atoms with Crippen LogP contribution in [0, 0.1) is 0 Å². The van der Waals surface area contributed by atoms with Crippen LogP contribution in [0.4, 0.5) is 11.4 Å². The molecule has 1 heterocycles. The van der Waals surface area contributed by atoms with Crippen molar-refractivity contribution in [1.29, 1.82) is 0 Å². The van der Waals surface area contributed by atoms with E-state index in [1.54, 1.807) is 30.3 Å². The zero-order valence-electron chi connectivity index (χ0n) is 15.1. The van der Waals surface area contributed by atoms with Crippen molar-refractivity contribution in [1.82, 2.24) is 0 Å². The fraction of sp³-hybridized carbons (Fsp3) is 0.150. The lowest BCUT2D eigenvalue weighted by molar-refractivity contribution is -0.113. The number of carbonyl (C=O) groups is 2. The van der Waals surface area contributed by atoms with Gasteiger partial charge in [-0.05, 0) is 35.9 Å². The highest BCUT2D eigenvalue weighted by molar-refractivity contribution is 8.27. The van der Waals surface area contributed by atoms with Crippen LogP contribution in [0.25, 0.3) is 6.08 Å². The van der Waals surface area contributed by atoms with Gasteiger partial charge < -0.3 is 9.64 Å². The molecule has 2 aromatic rings. The van der Waals surface area contributed by atoms with Crippen molar-refractivity contribution in [3.8, 4) is 0 Å². The van der Waals surface area contributed by atoms with E-state index < -0.39 is 5.97 Å². The minimum Gasteiger partial charge on any atom is -0.465 e. The Morgan fingerprint density at radius 2 is 1.81 bits per heavy atom. The van der Waals surface area contributed by atoms with Gasteiger partial charge in [0.15, 0.2) is 4.32 Å². The summed E-state index contributed by atoms with van der Waals surface area (Å²) < 4.78 is 5.20. The third kappa shape index (κ3) is 3.89. The molecule has 0 atom stereocenters. The smallest absolute Gasteiger partial charge is 0.339 e. The molecule has 1 saturated heterocycles. The molecule has 138 valence electrons. The molecule has 0 aliphatic carbocycles. The van der Waals surface area contributed by atoms with Crippen molar-refractivity contribution in [2.45, 2.75) is 0 Å². The van der Waals surface area contributed by atoms with E-state index in [0.717, 1.165) is 11.3 Å². The number of carbonyl (C=O) groups excluding carboxylic acids is 2. The second-order valence-electron chi connectivity index (χ2n) is 6.01. The lowest BCUT2D eigenvalue weighted by atomic mass is 10.1. The molecule has 0 unspecified atom stereocenters. The first-order chi connectivity index (χ1) is 12.9. The maximum absolute atomic E-state index is 12.9. The number of anilines is 2. The Labute approximate surface area is 167 Å². The monoisotopic (exact) mass is 398 g/mol. The second kappa shape index (κ2) is 7.94. The van der Waals surface area contributed by atoms with Crippen molar-refractivity contribution >= 4 is 57.6 Å². The van der Waals surface area contributed by atoms with E-state index in [1.165, 1.54) is 23.8 Å². The number of methoxy groups -OCH3 is 1. The molecule has 1 aliphatic heterocycles. The Bertz CT molecular complexity index is 936. The van der Waals surface area contributed by atoms with E-state index in [0.29, 0.717) is 20.5 Å². The van der Waals surface area contributed by atoms with Crippen LogP contribution in [0.3, 0.4) is 0 Å². The molecule has 0 bridgehead atoms. The first kappa shape index (κ1) is 19.1. The Hall–Kier alpha value is -2.64. The summed E-state index contributed by atoms with van der Waals surface area (Å²) in [5.74, 6) is -0.763. The van der Waals surface area contributed by atoms with Crippen molar-refractivity contribution in [3.63, 3.8) is 0 Å². The van der Waals surface area contributed by atoms with Crippen LogP contribution in [0.1, 0.15) is 15.9 Å². The van der Waals surface area contributed by atoms with E-state index in [9.17, 15) is 9.59 Å². The third-order valence-electron chi connectivity index (χ3n) is 4.05. The van der Waals surface area contributed by atoms with Gasteiger partial charge in [-0.1, -0.05) is 48.2 Å². The molecule has 0 saturated carbocycles. The van der Waals surface area contributed by atoms with E-state index >= 15 is 0 Å². The molecular weight excluding hydrogens is 380 g/mol. The average molecular weight is 399 g/mol. The normalized spacial score (nSPS) is 15.4. The summed E-state index contributed by atoms with van der Waals surface area (Å²) in [6, 6.07) is 14.6. The number of rotatable bonds is 4. The molecule has 27 heavy (non-hydrogen) atoms. The zero-order valence-corrected chi connectivity index (χ0v) is 16.8. The number of ether oxygens (including phenoxy) is 1. The molecule has 1 fully saturated rings. The van der Waals surface area contributed by atoms with E-state index in [4.69, 9.17) is 17.0 Å².